The van der Waals surface area contributed by atoms with E-state index in [-0.39, 0.29) is 24.8 Å². The molecule has 234 valence electrons. The predicted octanol–water partition coefficient (Wildman–Crippen LogP) is 6.93. The average Bonchev–Trinajstić information content (AvgIpc) is 2.96. The number of amides is 1. The van der Waals surface area contributed by atoms with E-state index in [9.17, 15) is 33.0 Å². The topological polar surface area (TPSA) is 81.1 Å². The van der Waals surface area contributed by atoms with Crippen LogP contribution >= 0.6 is 11.6 Å². The van der Waals surface area contributed by atoms with E-state index < -0.39 is 54.8 Å². The third kappa shape index (κ3) is 6.23. The van der Waals surface area contributed by atoms with Gasteiger partial charge in [0.1, 0.15) is 0 Å². The highest BCUT2D eigenvalue weighted by atomic mass is 35.5. The number of hydrogen-bond acceptors (Lipinski definition) is 4. The van der Waals surface area contributed by atoms with E-state index >= 15 is 0 Å². The van der Waals surface area contributed by atoms with Crippen molar-refractivity contribution in [1.29, 1.82) is 0 Å². The standard InChI is InChI=1S/C34H36ClF3N2O4/c1-3-27(19-39-20-33(44,21-39)34(36,37)38)40-30(23-12-14-26(35)15-13-23)28(17-32(2,31(40)43)18-29(41)42)25-11-7-10-24(16-25)22-8-5-4-6-9-22/h4-16,27-28,30,44H,3,17-21H2,1-2H3,(H,41,42)/t27-,28+,30+,32+/m0/s1. The van der Waals surface area contributed by atoms with Crippen LogP contribution in [0.2, 0.25) is 5.02 Å². The summed E-state index contributed by atoms with van der Waals surface area (Å²) in [4.78, 5) is 29.8. The van der Waals surface area contributed by atoms with E-state index in [0.717, 1.165) is 22.3 Å². The fourth-order valence-corrected chi connectivity index (χ4v) is 6.96. The molecule has 2 aliphatic heterocycles. The van der Waals surface area contributed by atoms with Gasteiger partial charge >= 0.3 is 12.1 Å². The number of benzene rings is 3. The molecule has 0 saturated carbocycles. The van der Waals surface area contributed by atoms with Gasteiger partial charge in [-0.1, -0.05) is 92.2 Å². The summed E-state index contributed by atoms with van der Waals surface area (Å²) in [6.45, 7) is 2.46. The van der Waals surface area contributed by atoms with E-state index in [0.29, 0.717) is 11.4 Å². The molecule has 2 fully saturated rings. The summed E-state index contributed by atoms with van der Waals surface area (Å²) in [5.74, 6) is -1.79. The summed E-state index contributed by atoms with van der Waals surface area (Å²) in [5, 5.41) is 20.5. The molecule has 0 bridgehead atoms. The molecular formula is C34H36ClF3N2O4. The Balaban J connectivity index is 1.60. The molecule has 2 N–H and O–H groups in total. The number of hydrogen-bond donors (Lipinski definition) is 2. The summed E-state index contributed by atoms with van der Waals surface area (Å²) < 4.78 is 40.3. The summed E-state index contributed by atoms with van der Waals surface area (Å²) in [6.07, 6.45) is -4.48. The Labute approximate surface area is 260 Å². The van der Waals surface area contributed by atoms with Crippen LogP contribution in [0.15, 0.2) is 78.9 Å². The second-order valence-corrected chi connectivity index (χ2v) is 12.8. The maximum Gasteiger partial charge on any atom is 0.419 e. The maximum absolute atomic E-state index is 14.5. The number of β-amino-alcohol motifs (C(OH)–C–C–N with tert-alkyl or cyclic N) is 1. The first-order valence-corrected chi connectivity index (χ1v) is 15.1. The number of aliphatic hydroxyl groups is 1. The van der Waals surface area contributed by atoms with Gasteiger partial charge in [0.25, 0.3) is 0 Å². The lowest BCUT2D eigenvalue weighted by Crippen LogP contribution is -2.71. The number of carboxylic acids is 1. The zero-order valence-electron chi connectivity index (χ0n) is 24.6. The second-order valence-electron chi connectivity index (χ2n) is 12.4. The zero-order chi connectivity index (χ0) is 31.9. The molecule has 0 aromatic heterocycles. The van der Waals surface area contributed by atoms with Crippen molar-refractivity contribution in [2.24, 2.45) is 5.41 Å². The van der Waals surface area contributed by atoms with Crippen LogP contribution in [0.25, 0.3) is 11.1 Å². The smallest absolute Gasteiger partial charge is 0.419 e. The van der Waals surface area contributed by atoms with Gasteiger partial charge in [-0.2, -0.15) is 13.2 Å². The summed E-state index contributed by atoms with van der Waals surface area (Å²) in [6, 6.07) is 23.9. The first-order valence-electron chi connectivity index (χ1n) is 14.7. The van der Waals surface area contributed by atoms with E-state index in [1.165, 1.54) is 4.90 Å². The maximum atomic E-state index is 14.5. The van der Waals surface area contributed by atoms with Crippen molar-refractivity contribution in [3.05, 3.63) is 95.0 Å². The Kier molecular flexibility index (Phi) is 8.86. The van der Waals surface area contributed by atoms with Gasteiger partial charge in [0.05, 0.1) is 17.9 Å². The molecule has 3 aromatic carbocycles. The SMILES string of the molecule is CC[C@@H](CN1CC(O)(C(F)(F)F)C1)N1C(=O)[C@@](C)(CC(=O)O)C[C@H](c2cccc(-c3ccccc3)c2)[C@H]1c1ccc(Cl)cc1. The van der Waals surface area contributed by atoms with Crippen LogP contribution in [0.4, 0.5) is 13.2 Å². The highest BCUT2D eigenvalue weighted by Crippen LogP contribution is 2.52. The Bertz CT molecular complexity index is 1490. The number of aliphatic carboxylic acids is 1. The number of likely N-dealkylation sites (tertiary alicyclic amines) is 2. The quantitative estimate of drug-likeness (QED) is 0.269. The molecule has 1 amide bonds. The monoisotopic (exact) mass is 628 g/mol. The molecule has 2 saturated heterocycles. The first-order chi connectivity index (χ1) is 20.7. The Morgan fingerprint density at radius 2 is 1.64 bits per heavy atom. The fourth-order valence-electron chi connectivity index (χ4n) is 6.84. The molecule has 5 rings (SSSR count). The molecular weight excluding hydrogens is 593 g/mol. The van der Waals surface area contributed by atoms with Crippen LogP contribution in [0.3, 0.4) is 0 Å². The Morgan fingerprint density at radius 1 is 1.00 bits per heavy atom. The predicted molar refractivity (Wildman–Crippen MR) is 162 cm³/mol. The minimum atomic E-state index is -4.76. The average molecular weight is 629 g/mol. The van der Waals surface area contributed by atoms with E-state index in [1.807, 2.05) is 67.6 Å². The van der Waals surface area contributed by atoms with Gasteiger partial charge in [0, 0.05) is 36.6 Å². The number of alkyl halides is 3. The molecule has 10 heteroatoms. The molecule has 2 heterocycles. The summed E-state index contributed by atoms with van der Waals surface area (Å²) in [7, 11) is 0. The van der Waals surface area contributed by atoms with Crippen LogP contribution in [0.1, 0.15) is 56.2 Å². The lowest BCUT2D eigenvalue weighted by molar-refractivity contribution is -0.302. The molecule has 0 spiro atoms. The molecule has 44 heavy (non-hydrogen) atoms. The van der Waals surface area contributed by atoms with Crippen molar-refractivity contribution in [2.75, 3.05) is 19.6 Å². The van der Waals surface area contributed by atoms with Gasteiger partial charge in [-0.05, 0) is 47.2 Å². The Morgan fingerprint density at radius 3 is 2.23 bits per heavy atom. The van der Waals surface area contributed by atoms with Gasteiger partial charge in [0.2, 0.25) is 5.91 Å². The highest BCUT2D eigenvalue weighted by Gasteiger charge is 2.61. The van der Waals surface area contributed by atoms with E-state index in [4.69, 9.17) is 11.6 Å². The van der Waals surface area contributed by atoms with Crippen molar-refractivity contribution >= 4 is 23.5 Å². The van der Waals surface area contributed by atoms with Crippen molar-refractivity contribution in [3.63, 3.8) is 0 Å². The van der Waals surface area contributed by atoms with Gasteiger partial charge in [-0.25, -0.2) is 0 Å². The van der Waals surface area contributed by atoms with Crippen LogP contribution < -0.4 is 0 Å². The molecule has 6 nitrogen and oxygen atoms in total. The minimum absolute atomic E-state index is 0.102. The molecule has 0 unspecified atom stereocenters. The number of halogens is 4. The van der Waals surface area contributed by atoms with Gasteiger partial charge in [0.15, 0.2) is 5.60 Å². The van der Waals surface area contributed by atoms with Crippen LogP contribution in [-0.2, 0) is 9.59 Å². The zero-order valence-corrected chi connectivity index (χ0v) is 25.4. The number of rotatable bonds is 9. The molecule has 0 aliphatic carbocycles. The number of piperidine rings is 1. The van der Waals surface area contributed by atoms with Crippen LogP contribution in [-0.4, -0.2) is 69.3 Å². The van der Waals surface area contributed by atoms with Gasteiger partial charge < -0.3 is 15.1 Å². The van der Waals surface area contributed by atoms with Crippen molar-refractivity contribution in [1.82, 2.24) is 9.80 Å². The Hall–Kier alpha value is -3.40. The van der Waals surface area contributed by atoms with E-state index in [2.05, 4.69) is 6.07 Å². The number of nitrogens with zero attached hydrogens (tertiary/aromatic N) is 2. The second kappa shape index (κ2) is 12.2. The third-order valence-electron chi connectivity index (χ3n) is 9.11. The number of carbonyl (C=O) groups is 2. The number of carbonyl (C=O) groups excluding carboxylic acids is 1. The lowest BCUT2D eigenvalue weighted by atomic mass is 9.66. The van der Waals surface area contributed by atoms with Crippen molar-refractivity contribution in [2.45, 2.75) is 62.9 Å². The molecule has 0 radical (unpaired) electrons. The minimum Gasteiger partial charge on any atom is -0.481 e. The third-order valence-corrected chi connectivity index (χ3v) is 9.36. The molecule has 3 aromatic rings. The van der Waals surface area contributed by atoms with Crippen molar-refractivity contribution in [3.8, 4) is 11.1 Å². The largest absolute Gasteiger partial charge is 0.481 e. The highest BCUT2D eigenvalue weighted by molar-refractivity contribution is 6.30. The van der Waals surface area contributed by atoms with E-state index in [1.54, 1.807) is 24.0 Å². The fraction of sp³-hybridized carbons (Fsp3) is 0.412. The lowest BCUT2D eigenvalue weighted by Gasteiger charge is -2.54. The summed E-state index contributed by atoms with van der Waals surface area (Å²) >= 11 is 6.24. The normalized spacial score (nSPS) is 24.5. The van der Waals surface area contributed by atoms with Gasteiger partial charge in [-0.15, -0.1) is 0 Å². The van der Waals surface area contributed by atoms with Crippen LogP contribution in [0.5, 0.6) is 0 Å². The summed E-state index contributed by atoms with van der Waals surface area (Å²) in [5.41, 5.74) is -0.353. The molecule has 4 atom stereocenters. The van der Waals surface area contributed by atoms with Crippen molar-refractivity contribution < 1.29 is 33.0 Å². The van der Waals surface area contributed by atoms with Crippen LogP contribution in [0, 0.1) is 5.41 Å². The van der Waals surface area contributed by atoms with Gasteiger partial charge in [-0.3, -0.25) is 14.5 Å². The number of carboxylic acid groups (broad SMARTS) is 1. The molecule has 2 aliphatic rings. The first kappa shape index (κ1) is 32.0.